The number of fused-ring (bicyclic) bond motifs is 4. The predicted octanol–water partition coefficient (Wildman–Crippen LogP) is 7.91. The summed E-state index contributed by atoms with van der Waals surface area (Å²) >= 11 is 2.10. The van der Waals surface area contributed by atoms with Gasteiger partial charge in [0.15, 0.2) is 23.1 Å². The number of hydrogen-bond acceptors (Lipinski definition) is 7. The van der Waals surface area contributed by atoms with E-state index in [-0.39, 0.29) is 36.2 Å². The summed E-state index contributed by atoms with van der Waals surface area (Å²) in [4.78, 5) is 28.1. The Morgan fingerprint density at radius 2 is 1.61 bits per heavy atom. The van der Waals surface area contributed by atoms with Crippen molar-refractivity contribution >= 4 is 52.9 Å². The van der Waals surface area contributed by atoms with Gasteiger partial charge in [0.1, 0.15) is 12.4 Å². The van der Waals surface area contributed by atoms with Crippen molar-refractivity contribution in [3.63, 3.8) is 0 Å². The Morgan fingerprint density at radius 1 is 0.939 bits per heavy atom. The molecular formula is C40H36BIO7. The van der Waals surface area contributed by atoms with E-state index in [9.17, 15) is 19.7 Å². The maximum atomic E-state index is 14.1. The van der Waals surface area contributed by atoms with Crippen LogP contribution in [-0.4, -0.2) is 48.6 Å². The lowest BCUT2D eigenvalue weighted by Gasteiger charge is -2.47. The minimum absolute atomic E-state index is 0.0257. The second-order valence-electron chi connectivity index (χ2n) is 12.8. The van der Waals surface area contributed by atoms with Crippen LogP contribution in [0.2, 0.25) is 6.32 Å². The number of halogens is 1. The highest BCUT2D eigenvalue weighted by molar-refractivity contribution is 14.1. The number of carbonyl (C=O) groups excluding carboxylic acids is 2. The lowest BCUT2D eigenvalue weighted by Crippen LogP contribution is -2.51. The zero-order chi connectivity index (χ0) is 34.1. The van der Waals surface area contributed by atoms with Gasteiger partial charge in [0.25, 0.3) is 0 Å². The minimum Gasteiger partial charge on any atom is -0.504 e. The summed E-state index contributed by atoms with van der Waals surface area (Å²) in [7, 11) is 0.449. The van der Waals surface area contributed by atoms with Gasteiger partial charge in [0.2, 0.25) is 0 Å². The topological polar surface area (TPSA) is 102 Å². The molecule has 1 fully saturated rings. The number of phenols is 1. The molecule has 4 aromatic carbocycles. The number of rotatable bonds is 9. The van der Waals surface area contributed by atoms with Gasteiger partial charge in [-0.25, -0.2) is 0 Å². The SMILES string of the molecule is COc1cc(/C=C(/CC[C@H]2OB(O)C[C@H]3C2=C(COc2ccccc2)C[C@H]2C(=O)c4ccccc4C(=O)[C@H]23)c2ccccc2)cc(I)c1O. The number of aromatic hydroxyl groups is 1. The molecule has 1 heterocycles. The van der Waals surface area contributed by atoms with Crippen molar-refractivity contribution in [3.05, 3.63) is 134 Å². The normalized spacial score (nSPS) is 21.9. The third-order valence-corrected chi connectivity index (χ3v) is 10.8. The first-order valence-corrected chi connectivity index (χ1v) is 17.6. The monoisotopic (exact) mass is 766 g/mol. The average molecular weight is 766 g/mol. The van der Waals surface area contributed by atoms with Crippen molar-refractivity contribution in [1.29, 1.82) is 0 Å². The molecule has 49 heavy (non-hydrogen) atoms. The predicted molar refractivity (Wildman–Crippen MR) is 198 cm³/mol. The minimum atomic E-state index is -1.08. The van der Waals surface area contributed by atoms with Crippen molar-refractivity contribution in [2.45, 2.75) is 31.7 Å². The molecule has 4 aromatic rings. The summed E-state index contributed by atoms with van der Waals surface area (Å²) in [6.07, 6.45) is 3.34. The van der Waals surface area contributed by atoms with Gasteiger partial charge in [-0.15, -0.1) is 0 Å². The maximum Gasteiger partial charge on any atom is 0.455 e. The summed E-state index contributed by atoms with van der Waals surface area (Å²) in [5.74, 6) is -0.320. The lowest BCUT2D eigenvalue weighted by atomic mass is 9.54. The molecule has 0 saturated carbocycles. The number of allylic oxidation sites excluding steroid dienone is 1. The third-order valence-electron chi connectivity index (χ3n) is 9.95. The van der Waals surface area contributed by atoms with Crippen LogP contribution in [0.3, 0.4) is 0 Å². The van der Waals surface area contributed by atoms with Crippen molar-refractivity contribution in [2.75, 3.05) is 13.7 Å². The highest BCUT2D eigenvalue weighted by Crippen LogP contribution is 2.51. The lowest BCUT2D eigenvalue weighted by molar-refractivity contribution is 0.0593. The molecule has 1 saturated heterocycles. The Morgan fingerprint density at radius 3 is 2.33 bits per heavy atom. The standard InChI is InChI=1S/C40H36BIO7/c1-47-35-20-24(19-33(42)40(35)45)18-26(25-10-4-2-5-11-25)16-17-34-36-27(23-48-28-12-6-3-7-13-28)21-31-37(32(36)22-41(46)49-34)39(44)30-15-9-8-14-29(30)38(31)43/h2-15,18-20,31-32,34,37,45-46H,16-17,21-23H2,1H3/b26-18-/t31-,32+,34-,37-/m1/s1. The van der Waals surface area contributed by atoms with E-state index in [1.807, 2.05) is 60.7 Å². The number of ketones is 2. The van der Waals surface area contributed by atoms with E-state index >= 15 is 0 Å². The van der Waals surface area contributed by atoms with Crippen molar-refractivity contribution in [1.82, 2.24) is 0 Å². The molecule has 0 spiro atoms. The average Bonchev–Trinajstić information content (AvgIpc) is 3.13. The molecule has 248 valence electrons. The molecule has 1 aliphatic heterocycles. The molecule has 2 N–H and O–H groups in total. The fourth-order valence-corrected chi connectivity index (χ4v) is 8.39. The molecule has 3 aliphatic rings. The molecule has 0 radical (unpaired) electrons. The van der Waals surface area contributed by atoms with Gasteiger partial charge < -0.3 is 24.3 Å². The van der Waals surface area contributed by atoms with Crippen LogP contribution in [0.15, 0.2) is 108 Å². The van der Waals surface area contributed by atoms with E-state index in [2.05, 4.69) is 40.8 Å². The maximum absolute atomic E-state index is 14.1. The van der Waals surface area contributed by atoms with Crippen LogP contribution in [0.25, 0.3) is 11.6 Å². The van der Waals surface area contributed by atoms with E-state index in [0.717, 1.165) is 27.8 Å². The van der Waals surface area contributed by atoms with Crippen molar-refractivity contribution < 1.29 is 33.8 Å². The molecule has 2 aliphatic carbocycles. The number of hydrogen-bond donors (Lipinski definition) is 2. The summed E-state index contributed by atoms with van der Waals surface area (Å²) in [5, 5.41) is 21.6. The summed E-state index contributed by atoms with van der Waals surface area (Å²) in [6.45, 7) is 0.255. The van der Waals surface area contributed by atoms with Crippen LogP contribution in [0.5, 0.6) is 17.2 Å². The van der Waals surface area contributed by atoms with Gasteiger partial charge in [-0.05, 0) is 106 Å². The number of Topliss-reactive ketones (excluding diaryl/α,β-unsaturated/α-hetero) is 2. The molecule has 7 rings (SSSR count). The van der Waals surface area contributed by atoms with Crippen LogP contribution < -0.4 is 9.47 Å². The Bertz CT molecular complexity index is 1940. The first kappa shape index (κ1) is 33.3. The first-order valence-electron chi connectivity index (χ1n) is 16.6. The second-order valence-corrected chi connectivity index (χ2v) is 14.0. The number of phenolic OH excluding ortho intramolecular Hbond substituents is 1. The number of para-hydroxylation sites is 1. The smallest absolute Gasteiger partial charge is 0.455 e. The number of methoxy groups -OCH3 is 1. The summed E-state index contributed by atoms with van der Waals surface area (Å²) in [5.41, 5.74) is 5.81. The molecule has 7 nitrogen and oxygen atoms in total. The number of carbonyl (C=O) groups is 2. The molecule has 0 bridgehead atoms. The van der Waals surface area contributed by atoms with Crippen molar-refractivity contribution in [2.24, 2.45) is 17.8 Å². The van der Waals surface area contributed by atoms with E-state index in [0.29, 0.717) is 45.5 Å². The second kappa shape index (κ2) is 14.3. The first-order chi connectivity index (χ1) is 23.8. The highest BCUT2D eigenvalue weighted by atomic mass is 127. The largest absolute Gasteiger partial charge is 0.504 e. The number of benzene rings is 4. The van der Waals surface area contributed by atoms with Gasteiger partial charge in [0.05, 0.1) is 16.8 Å². The Hall–Kier alpha value is -4.19. The van der Waals surface area contributed by atoms with Crippen LogP contribution in [0.4, 0.5) is 0 Å². The molecule has 0 unspecified atom stereocenters. The van der Waals surface area contributed by atoms with Crippen LogP contribution in [0, 0.1) is 21.3 Å². The summed E-state index contributed by atoms with van der Waals surface area (Å²) < 4.78 is 18.7. The van der Waals surface area contributed by atoms with Crippen LogP contribution >= 0.6 is 22.6 Å². The molecule has 4 atom stereocenters. The van der Waals surface area contributed by atoms with E-state index in [1.165, 1.54) is 7.11 Å². The zero-order valence-electron chi connectivity index (χ0n) is 27.1. The van der Waals surface area contributed by atoms with Crippen LogP contribution in [-0.2, 0) is 4.65 Å². The molecule has 0 aromatic heterocycles. The van der Waals surface area contributed by atoms with E-state index in [1.54, 1.807) is 24.3 Å². The fourth-order valence-electron chi connectivity index (χ4n) is 7.76. The molecule has 0 amide bonds. The fraction of sp³-hybridized carbons (Fsp3) is 0.250. The highest BCUT2D eigenvalue weighted by Gasteiger charge is 2.53. The molecular weight excluding hydrogens is 730 g/mol. The van der Waals surface area contributed by atoms with Gasteiger partial charge in [-0.1, -0.05) is 78.9 Å². The van der Waals surface area contributed by atoms with Gasteiger partial charge in [-0.2, -0.15) is 0 Å². The van der Waals surface area contributed by atoms with Crippen LogP contribution in [0.1, 0.15) is 51.1 Å². The summed E-state index contributed by atoms with van der Waals surface area (Å²) in [6, 6.07) is 30.4. The van der Waals surface area contributed by atoms with Gasteiger partial charge in [0, 0.05) is 23.0 Å². The number of ether oxygens (including phenoxy) is 2. The Kier molecular flexibility index (Phi) is 9.76. The Balaban J connectivity index is 1.27. The van der Waals surface area contributed by atoms with Gasteiger partial charge >= 0.3 is 7.12 Å². The zero-order valence-corrected chi connectivity index (χ0v) is 29.2. The van der Waals surface area contributed by atoms with E-state index < -0.39 is 25.1 Å². The Labute approximate surface area is 299 Å². The van der Waals surface area contributed by atoms with Gasteiger partial charge in [-0.3, -0.25) is 9.59 Å². The molecule has 9 heteroatoms. The van der Waals surface area contributed by atoms with Crippen molar-refractivity contribution in [3.8, 4) is 17.2 Å². The third kappa shape index (κ3) is 6.71. The quantitative estimate of drug-likeness (QED) is 0.0773. The van der Waals surface area contributed by atoms with E-state index in [4.69, 9.17) is 14.1 Å².